The first-order chi connectivity index (χ1) is 14.6. The Morgan fingerprint density at radius 3 is 2.60 bits per heavy atom. The molecule has 8 nitrogen and oxygen atoms in total. The van der Waals surface area contributed by atoms with E-state index in [-0.39, 0.29) is 5.91 Å². The Labute approximate surface area is 173 Å². The number of ether oxygens (including phenoxy) is 1. The summed E-state index contributed by atoms with van der Waals surface area (Å²) in [6.45, 7) is 4.22. The van der Waals surface area contributed by atoms with Gasteiger partial charge in [0, 0.05) is 30.5 Å². The van der Waals surface area contributed by atoms with Crippen LogP contribution in [0.15, 0.2) is 67.3 Å². The maximum atomic E-state index is 12.7. The molecule has 30 heavy (non-hydrogen) atoms. The van der Waals surface area contributed by atoms with Gasteiger partial charge in [0.25, 0.3) is 5.91 Å². The molecule has 0 aliphatic carbocycles. The number of hydrogen-bond donors (Lipinski definition) is 1. The van der Waals surface area contributed by atoms with Gasteiger partial charge in [-0.15, -0.1) is 0 Å². The molecule has 0 bridgehead atoms. The summed E-state index contributed by atoms with van der Waals surface area (Å²) < 4.78 is 7.56. The van der Waals surface area contributed by atoms with Crippen LogP contribution in [-0.2, 0) is 6.61 Å². The molecule has 1 N–H and O–H groups in total. The van der Waals surface area contributed by atoms with E-state index in [1.807, 2.05) is 32.0 Å². The Bertz CT molecular complexity index is 1160. The third-order valence-electron chi connectivity index (χ3n) is 4.38. The van der Waals surface area contributed by atoms with Crippen molar-refractivity contribution in [2.24, 2.45) is 0 Å². The predicted octanol–water partition coefficient (Wildman–Crippen LogP) is 3.51. The fraction of sp³-hybridized carbons (Fsp3) is 0.136. The van der Waals surface area contributed by atoms with Gasteiger partial charge in [0.1, 0.15) is 6.61 Å². The molecule has 0 atom stereocenters. The van der Waals surface area contributed by atoms with Crippen LogP contribution in [0.25, 0.3) is 5.82 Å². The molecule has 4 rings (SSSR count). The molecule has 0 aliphatic rings. The zero-order valence-electron chi connectivity index (χ0n) is 16.6. The molecule has 0 spiro atoms. The normalized spacial score (nSPS) is 10.6. The van der Waals surface area contributed by atoms with Gasteiger partial charge in [0.05, 0.1) is 11.3 Å². The van der Waals surface area contributed by atoms with Crippen LogP contribution < -0.4 is 10.1 Å². The van der Waals surface area contributed by atoms with Gasteiger partial charge in [0.2, 0.25) is 0 Å². The number of carbonyl (C=O) groups excluding carboxylic acids is 1. The molecule has 0 unspecified atom stereocenters. The molecule has 4 heterocycles. The van der Waals surface area contributed by atoms with E-state index in [0.717, 1.165) is 17.0 Å². The topological polar surface area (TPSA) is 94.8 Å². The van der Waals surface area contributed by atoms with Gasteiger partial charge in [-0.1, -0.05) is 0 Å². The van der Waals surface area contributed by atoms with Crippen LogP contribution in [0.2, 0.25) is 0 Å². The summed E-state index contributed by atoms with van der Waals surface area (Å²) >= 11 is 0. The first kappa shape index (κ1) is 19.3. The molecule has 0 radical (unpaired) electrons. The summed E-state index contributed by atoms with van der Waals surface area (Å²) in [5, 5.41) is 7.19. The standard InChI is InChI=1S/C22H20N6O2/c1-15-12-16(2)28(27-15)20-6-5-18(13-25-20)22(29)26-21-19(4-3-9-24-21)30-14-17-7-10-23-11-8-17/h3-13H,14H2,1-2H3,(H,24,26,29). The molecule has 150 valence electrons. The van der Waals surface area contributed by atoms with E-state index >= 15 is 0 Å². The fourth-order valence-corrected chi connectivity index (χ4v) is 2.93. The highest BCUT2D eigenvalue weighted by Crippen LogP contribution is 2.23. The van der Waals surface area contributed by atoms with Crippen molar-refractivity contribution in [2.75, 3.05) is 5.32 Å². The molecule has 1 amide bonds. The quantitative estimate of drug-likeness (QED) is 0.532. The van der Waals surface area contributed by atoms with Crippen LogP contribution in [0.3, 0.4) is 0 Å². The lowest BCUT2D eigenvalue weighted by molar-refractivity contribution is 0.102. The lowest BCUT2D eigenvalue weighted by Crippen LogP contribution is -2.15. The monoisotopic (exact) mass is 400 g/mol. The smallest absolute Gasteiger partial charge is 0.258 e. The highest BCUT2D eigenvalue weighted by molar-refractivity contribution is 6.04. The van der Waals surface area contributed by atoms with Gasteiger partial charge in [-0.3, -0.25) is 9.78 Å². The third kappa shape index (κ3) is 4.33. The molecular weight excluding hydrogens is 380 g/mol. The summed E-state index contributed by atoms with van der Waals surface area (Å²) in [6, 6.07) is 12.7. The zero-order chi connectivity index (χ0) is 20.9. The minimum Gasteiger partial charge on any atom is -0.485 e. The number of hydrogen-bond acceptors (Lipinski definition) is 6. The molecule has 0 saturated heterocycles. The highest BCUT2D eigenvalue weighted by atomic mass is 16.5. The third-order valence-corrected chi connectivity index (χ3v) is 4.38. The number of anilines is 1. The number of nitrogens with one attached hydrogen (secondary N) is 1. The van der Waals surface area contributed by atoms with E-state index in [2.05, 4.69) is 25.4 Å². The van der Waals surface area contributed by atoms with Gasteiger partial charge in [-0.25, -0.2) is 14.6 Å². The molecule has 4 aromatic rings. The molecule has 0 aromatic carbocycles. The Balaban J connectivity index is 1.47. The fourth-order valence-electron chi connectivity index (χ4n) is 2.93. The number of pyridine rings is 3. The number of nitrogens with zero attached hydrogens (tertiary/aromatic N) is 5. The van der Waals surface area contributed by atoms with Gasteiger partial charge in [0.15, 0.2) is 17.4 Å². The maximum Gasteiger partial charge on any atom is 0.258 e. The van der Waals surface area contributed by atoms with Gasteiger partial charge >= 0.3 is 0 Å². The van der Waals surface area contributed by atoms with Crippen molar-refractivity contribution < 1.29 is 9.53 Å². The van der Waals surface area contributed by atoms with Crippen LogP contribution in [0, 0.1) is 13.8 Å². The Kier molecular flexibility index (Phi) is 5.47. The molecule has 0 aliphatic heterocycles. The van der Waals surface area contributed by atoms with Gasteiger partial charge in [-0.2, -0.15) is 5.10 Å². The lowest BCUT2D eigenvalue weighted by Gasteiger charge is -2.11. The summed E-state index contributed by atoms with van der Waals surface area (Å²) in [4.78, 5) is 25.3. The average molecular weight is 400 g/mol. The van der Waals surface area contributed by atoms with Crippen LogP contribution >= 0.6 is 0 Å². The largest absolute Gasteiger partial charge is 0.485 e. The second-order valence-electron chi connectivity index (χ2n) is 6.69. The van der Waals surface area contributed by atoms with Crippen LogP contribution in [0.5, 0.6) is 5.75 Å². The van der Waals surface area contributed by atoms with Crippen LogP contribution in [-0.4, -0.2) is 30.6 Å². The van der Waals surface area contributed by atoms with Crippen molar-refractivity contribution in [2.45, 2.75) is 20.5 Å². The van der Waals surface area contributed by atoms with Crippen molar-refractivity contribution >= 4 is 11.7 Å². The minimum atomic E-state index is -0.324. The molecule has 8 heteroatoms. The van der Waals surface area contributed by atoms with Crippen molar-refractivity contribution in [3.63, 3.8) is 0 Å². The number of rotatable bonds is 6. The van der Waals surface area contributed by atoms with E-state index in [9.17, 15) is 4.79 Å². The van der Waals surface area contributed by atoms with Crippen molar-refractivity contribution in [3.8, 4) is 11.6 Å². The summed E-state index contributed by atoms with van der Waals surface area (Å²) in [5.74, 6) is 1.15. The second kappa shape index (κ2) is 8.52. The number of carbonyl (C=O) groups is 1. The van der Waals surface area contributed by atoms with E-state index in [4.69, 9.17) is 4.74 Å². The van der Waals surface area contributed by atoms with Gasteiger partial charge in [-0.05, 0) is 61.9 Å². The molecule has 0 fully saturated rings. The Morgan fingerprint density at radius 1 is 1.07 bits per heavy atom. The van der Waals surface area contributed by atoms with Gasteiger partial charge < -0.3 is 10.1 Å². The first-order valence-corrected chi connectivity index (χ1v) is 9.38. The van der Waals surface area contributed by atoms with E-state index < -0.39 is 0 Å². The van der Waals surface area contributed by atoms with Crippen molar-refractivity contribution in [1.82, 2.24) is 24.7 Å². The van der Waals surface area contributed by atoms with Crippen molar-refractivity contribution in [1.29, 1.82) is 0 Å². The molecule has 0 saturated carbocycles. The molecule has 4 aromatic heterocycles. The number of aromatic nitrogens is 5. The molecular formula is C22H20N6O2. The van der Waals surface area contributed by atoms with Crippen LogP contribution in [0.1, 0.15) is 27.3 Å². The van der Waals surface area contributed by atoms with Crippen molar-refractivity contribution in [3.05, 3.63) is 89.8 Å². The van der Waals surface area contributed by atoms with Crippen LogP contribution in [0.4, 0.5) is 5.82 Å². The van der Waals surface area contributed by atoms with E-state index in [0.29, 0.717) is 29.6 Å². The number of amides is 1. The summed E-state index contributed by atoms with van der Waals surface area (Å²) in [7, 11) is 0. The van der Waals surface area contributed by atoms with E-state index in [1.165, 1.54) is 6.20 Å². The first-order valence-electron chi connectivity index (χ1n) is 9.38. The predicted molar refractivity (Wildman–Crippen MR) is 112 cm³/mol. The minimum absolute atomic E-state index is 0.324. The summed E-state index contributed by atoms with van der Waals surface area (Å²) in [5.41, 5.74) is 3.26. The summed E-state index contributed by atoms with van der Waals surface area (Å²) in [6.07, 6.45) is 6.52. The highest BCUT2D eigenvalue weighted by Gasteiger charge is 2.13. The lowest BCUT2D eigenvalue weighted by atomic mass is 10.2. The Hall–Kier alpha value is -4.07. The second-order valence-corrected chi connectivity index (χ2v) is 6.69. The maximum absolute atomic E-state index is 12.7. The number of aryl methyl sites for hydroxylation is 2. The van der Waals surface area contributed by atoms with E-state index in [1.54, 1.807) is 47.5 Å². The SMILES string of the molecule is Cc1cc(C)n(-c2ccc(C(=O)Nc3ncccc3OCc3ccncc3)cn2)n1. The Morgan fingerprint density at radius 2 is 1.90 bits per heavy atom. The zero-order valence-corrected chi connectivity index (χ0v) is 16.6. The average Bonchev–Trinajstić information content (AvgIpc) is 3.12.